The summed E-state index contributed by atoms with van der Waals surface area (Å²) >= 11 is 0. The maximum atomic E-state index is 11.6. The van der Waals surface area contributed by atoms with Crippen molar-refractivity contribution in [3.8, 4) is 0 Å². The van der Waals surface area contributed by atoms with Gasteiger partial charge in [-0.2, -0.15) is 0 Å². The van der Waals surface area contributed by atoms with Gasteiger partial charge in [0, 0.05) is 7.05 Å². The Morgan fingerprint density at radius 2 is 2.00 bits per heavy atom. The van der Waals surface area contributed by atoms with Crippen molar-refractivity contribution in [3.05, 3.63) is 0 Å². The van der Waals surface area contributed by atoms with Crippen molar-refractivity contribution in [1.82, 2.24) is 10.2 Å². The third-order valence-corrected chi connectivity index (χ3v) is 2.61. The summed E-state index contributed by atoms with van der Waals surface area (Å²) in [5.41, 5.74) is -0.188. The first-order valence-corrected chi connectivity index (χ1v) is 4.41. The monoisotopic (exact) mass is 170 g/mol. The van der Waals surface area contributed by atoms with E-state index in [0.29, 0.717) is 5.92 Å². The highest BCUT2D eigenvalue weighted by molar-refractivity contribution is 5.84. The van der Waals surface area contributed by atoms with E-state index in [0.717, 1.165) is 0 Å². The highest BCUT2D eigenvalue weighted by Crippen LogP contribution is 2.22. The molecule has 0 aromatic rings. The molecule has 0 radical (unpaired) electrons. The van der Waals surface area contributed by atoms with Gasteiger partial charge in [0.1, 0.15) is 0 Å². The van der Waals surface area contributed by atoms with Crippen LogP contribution in [0.25, 0.3) is 0 Å². The van der Waals surface area contributed by atoms with Gasteiger partial charge < -0.3 is 4.90 Å². The van der Waals surface area contributed by atoms with Crippen molar-refractivity contribution in [2.45, 2.75) is 39.4 Å². The summed E-state index contributed by atoms with van der Waals surface area (Å²) < 4.78 is 0. The number of carbonyl (C=O) groups excluding carboxylic acids is 1. The van der Waals surface area contributed by atoms with Crippen LogP contribution in [-0.2, 0) is 4.79 Å². The lowest BCUT2D eigenvalue weighted by molar-refractivity contribution is -0.130. The molecule has 0 aromatic carbocycles. The summed E-state index contributed by atoms with van der Waals surface area (Å²) in [7, 11) is 1.84. The molecule has 0 saturated carbocycles. The second-order valence-corrected chi connectivity index (χ2v) is 4.32. The SMILES string of the molecule is CC(C)[C@@H]1NC(C)(C)N(C)C1=O. The number of nitrogens with zero attached hydrogens (tertiary/aromatic N) is 1. The Morgan fingerprint density at radius 1 is 1.50 bits per heavy atom. The summed E-state index contributed by atoms with van der Waals surface area (Å²) in [6.45, 7) is 8.16. The minimum Gasteiger partial charge on any atom is -0.327 e. The summed E-state index contributed by atoms with van der Waals surface area (Å²) in [5, 5.41) is 3.31. The molecule has 1 amide bonds. The zero-order chi connectivity index (χ0) is 9.52. The molecule has 1 atom stereocenters. The van der Waals surface area contributed by atoms with Gasteiger partial charge in [0.15, 0.2) is 0 Å². The number of rotatable bonds is 1. The molecular weight excluding hydrogens is 152 g/mol. The molecule has 0 aromatic heterocycles. The van der Waals surface area contributed by atoms with Crippen molar-refractivity contribution in [1.29, 1.82) is 0 Å². The van der Waals surface area contributed by atoms with Crippen molar-refractivity contribution in [2.75, 3.05) is 7.05 Å². The molecule has 1 saturated heterocycles. The Morgan fingerprint density at radius 3 is 2.17 bits per heavy atom. The van der Waals surface area contributed by atoms with Crippen LogP contribution in [0.3, 0.4) is 0 Å². The van der Waals surface area contributed by atoms with E-state index in [9.17, 15) is 4.79 Å². The number of carbonyl (C=O) groups is 1. The van der Waals surface area contributed by atoms with E-state index >= 15 is 0 Å². The van der Waals surface area contributed by atoms with Gasteiger partial charge in [0.2, 0.25) is 5.91 Å². The second kappa shape index (κ2) is 2.73. The van der Waals surface area contributed by atoms with Crippen LogP contribution in [0.1, 0.15) is 27.7 Å². The minimum absolute atomic E-state index is 0.00926. The maximum absolute atomic E-state index is 11.6. The number of likely N-dealkylation sites (N-methyl/N-ethyl adjacent to an activating group) is 1. The van der Waals surface area contributed by atoms with E-state index in [1.165, 1.54) is 0 Å². The fourth-order valence-electron chi connectivity index (χ4n) is 1.48. The normalized spacial score (nSPS) is 28.7. The number of amides is 1. The molecule has 70 valence electrons. The Balaban J connectivity index is 2.81. The first-order valence-electron chi connectivity index (χ1n) is 4.41. The molecule has 0 unspecified atom stereocenters. The average Bonchev–Trinajstić information content (AvgIpc) is 2.14. The third-order valence-electron chi connectivity index (χ3n) is 2.61. The van der Waals surface area contributed by atoms with Gasteiger partial charge in [0.25, 0.3) is 0 Å². The predicted octanol–water partition coefficient (Wildman–Crippen LogP) is 0.809. The average molecular weight is 170 g/mol. The van der Waals surface area contributed by atoms with Gasteiger partial charge in [-0.3, -0.25) is 10.1 Å². The van der Waals surface area contributed by atoms with Crippen LogP contribution in [0, 0.1) is 5.92 Å². The van der Waals surface area contributed by atoms with Gasteiger partial charge >= 0.3 is 0 Å². The number of nitrogens with one attached hydrogen (secondary N) is 1. The van der Waals surface area contributed by atoms with Crippen LogP contribution in [0.2, 0.25) is 0 Å². The smallest absolute Gasteiger partial charge is 0.241 e. The van der Waals surface area contributed by atoms with Crippen molar-refractivity contribution < 1.29 is 4.79 Å². The van der Waals surface area contributed by atoms with Crippen LogP contribution < -0.4 is 5.32 Å². The Kier molecular flexibility index (Phi) is 2.17. The van der Waals surface area contributed by atoms with Crippen molar-refractivity contribution in [2.24, 2.45) is 5.92 Å². The summed E-state index contributed by atoms with van der Waals surface area (Å²) in [6, 6.07) is -0.00926. The predicted molar refractivity (Wildman–Crippen MR) is 48.6 cm³/mol. The highest BCUT2D eigenvalue weighted by atomic mass is 16.2. The first kappa shape index (κ1) is 9.52. The van der Waals surface area contributed by atoms with Crippen molar-refractivity contribution in [3.63, 3.8) is 0 Å². The lowest BCUT2D eigenvalue weighted by Crippen LogP contribution is -2.45. The first-order chi connectivity index (χ1) is 5.36. The molecule has 1 rings (SSSR count). The second-order valence-electron chi connectivity index (χ2n) is 4.32. The molecule has 12 heavy (non-hydrogen) atoms. The molecule has 1 fully saturated rings. The highest BCUT2D eigenvalue weighted by Gasteiger charge is 2.42. The number of hydrogen-bond acceptors (Lipinski definition) is 2. The topological polar surface area (TPSA) is 32.3 Å². The lowest BCUT2D eigenvalue weighted by atomic mass is 10.1. The van der Waals surface area contributed by atoms with E-state index in [1.807, 2.05) is 20.9 Å². The van der Waals surface area contributed by atoms with Gasteiger partial charge in [-0.1, -0.05) is 13.8 Å². The van der Waals surface area contributed by atoms with Gasteiger partial charge in [-0.05, 0) is 19.8 Å². The maximum Gasteiger partial charge on any atom is 0.241 e. The zero-order valence-corrected chi connectivity index (χ0v) is 8.51. The van der Waals surface area contributed by atoms with Crippen LogP contribution in [-0.4, -0.2) is 29.6 Å². The molecule has 0 bridgehead atoms. The van der Waals surface area contributed by atoms with Crippen LogP contribution >= 0.6 is 0 Å². The largest absolute Gasteiger partial charge is 0.327 e. The van der Waals surface area contributed by atoms with E-state index in [2.05, 4.69) is 19.2 Å². The fraction of sp³-hybridized carbons (Fsp3) is 0.889. The zero-order valence-electron chi connectivity index (χ0n) is 8.51. The third kappa shape index (κ3) is 1.33. The fourth-order valence-corrected chi connectivity index (χ4v) is 1.48. The van der Waals surface area contributed by atoms with Crippen LogP contribution in [0.15, 0.2) is 0 Å². The molecule has 0 aliphatic carbocycles. The molecule has 1 N–H and O–H groups in total. The molecule has 1 heterocycles. The summed E-state index contributed by atoms with van der Waals surface area (Å²) in [4.78, 5) is 13.4. The standard InChI is InChI=1S/C9H18N2O/c1-6(2)7-8(12)11(5)9(3,4)10-7/h6-7,10H,1-5H3/t7-/m0/s1. The number of hydrogen-bond donors (Lipinski definition) is 1. The quantitative estimate of drug-likeness (QED) is 0.631. The van der Waals surface area contributed by atoms with Crippen molar-refractivity contribution >= 4 is 5.91 Å². The minimum atomic E-state index is -0.188. The molecular formula is C9H18N2O. The van der Waals surface area contributed by atoms with E-state index in [1.54, 1.807) is 4.90 Å². The molecule has 3 heteroatoms. The molecule has 1 aliphatic heterocycles. The lowest BCUT2D eigenvalue weighted by Gasteiger charge is -2.27. The molecule has 0 spiro atoms. The van der Waals surface area contributed by atoms with Gasteiger partial charge in [-0.25, -0.2) is 0 Å². The van der Waals surface area contributed by atoms with E-state index < -0.39 is 0 Å². The Bertz CT molecular complexity index is 199. The van der Waals surface area contributed by atoms with E-state index in [-0.39, 0.29) is 17.6 Å². The van der Waals surface area contributed by atoms with Crippen LogP contribution in [0.5, 0.6) is 0 Å². The van der Waals surface area contributed by atoms with Gasteiger partial charge in [-0.15, -0.1) is 0 Å². The van der Waals surface area contributed by atoms with E-state index in [4.69, 9.17) is 0 Å². The Labute approximate surface area is 74.1 Å². The van der Waals surface area contributed by atoms with Crippen LogP contribution in [0.4, 0.5) is 0 Å². The summed E-state index contributed by atoms with van der Waals surface area (Å²) in [5.74, 6) is 0.566. The molecule has 3 nitrogen and oxygen atoms in total. The Hall–Kier alpha value is -0.570. The summed E-state index contributed by atoms with van der Waals surface area (Å²) in [6.07, 6.45) is 0. The molecule has 1 aliphatic rings. The van der Waals surface area contributed by atoms with Gasteiger partial charge in [0.05, 0.1) is 11.7 Å².